The van der Waals surface area contributed by atoms with Gasteiger partial charge in [0.05, 0.1) is 12.7 Å². The van der Waals surface area contributed by atoms with E-state index in [-0.39, 0.29) is 35.7 Å². The number of benzene rings is 1. The van der Waals surface area contributed by atoms with E-state index in [0.717, 1.165) is 38.0 Å². The van der Waals surface area contributed by atoms with E-state index in [1.54, 1.807) is 0 Å². The molecule has 4 saturated heterocycles. The Morgan fingerprint density at radius 1 is 1.24 bits per heavy atom. The van der Waals surface area contributed by atoms with E-state index in [0.29, 0.717) is 19.7 Å². The molecule has 0 radical (unpaired) electrons. The normalized spacial score (nSPS) is 29.5. The van der Waals surface area contributed by atoms with Gasteiger partial charge in [-0.05, 0) is 38.0 Å². The van der Waals surface area contributed by atoms with Crippen LogP contribution < -0.4 is 15.8 Å². The first-order chi connectivity index (χ1) is 19.8. The first-order valence-corrected chi connectivity index (χ1v) is 13.6. The van der Waals surface area contributed by atoms with Gasteiger partial charge in [-0.3, -0.25) is 19.5 Å². The number of carbonyl (C=O) groups is 2. The number of nitrogens with one attached hydrogen (secondary N) is 1. The molecule has 2 unspecified atom stereocenters. The average Bonchev–Trinajstić information content (AvgIpc) is 3.23. The van der Waals surface area contributed by atoms with Gasteiger partial charge in [0, 0.05) is 48.4 Å². The van der Waals surface area contributed by atoms with Gasteiger partial charge in [0.1, 0.15) is 18.4 Å². The largest absolute Gasteiger partial charge is 0.489 e. The quantitative estimate of drug-likeness (QED) is 0.445. The molecule has 0 saturated carbocycles. The molecule has 2 bridgehead atoms. The predicted octanol–water partition coefficient (Wildman–Crippen LogP) is 3.78. The van der Waals surface area contributed by atoms with Crippen molar-refractivity contribution < 1.29 is 45.8 Å². The van der Waals surface area contributed by atoms with Crippen molar-refractivity contribution in [3.05, 3.63) is 53.4 Å². The number of anilines is 1. The standard InChI is InChI=1S/C28H31F5N4O5/c1-14-21(18-5-6-19(29)22(30)23(18)40-10-9-37-12-17-4-3-16(37)13-41-17)24(42-27(14,2)28(31,32)33)26(39)36-15-7-8-35-20(11-15)25(34)38/h5-8,11,14,16-17,21,24H,3-4,9-10,12-13H2,1-2H3,(H2,34,38)(H,35,36,39)/t14-,16?,17?,21-,24+,27+/m0/s1. The van der Waals surface area contributed by atoms with Crippen molar-refractivity contribution in [1.82, 2.24) is 9.88 Å². The number of aromatic nitrogens is 1. The lowest BCUT2D eigenvalue weighted by atomic mass is 9.77. The van der Waals surface area contributed by atoms with Crippen LogP contribution in [0.4, 0.5) is 27.6 Å². The Morgan fingerprint density at radius 2 is 2.00 bits per heavy atom. The maximum atomic E-state index is 15.2. The SMILES string of the molecule is C[C@H]1[C@@H](c2ccc(F)c(F)c2OCCN2CC3CCC2CO3)[C@H](C(=O)Nc2ccnc(C(N)=O)c2)O[C@@]1(C)C(F)(F)F. The molecule has 228 valence electrons. The summed E-state index contributed by atoms with van der Waals surface area (Å²) in [4.78, 5) is 30.8. The summed E-state index contributed by atoms with van der Waals surface area (Å²) in [6, 6.07) is 4.54. The maximum Gasteiger partial charge on any atom is 0.417 e. The maximum absolute atomic E-state index is 15.2. The summed E-state index contributed by atoms with van der Waals surface area (Å²) in [7, 11) is 0. The monoisotopic (exact) mass is 598 g/mol. The number of hydrogen-bond acceptors (Lipinski definition) is 7. The molecule has 42 heavy (non-hydrogen) atoms. The summed E-state index contributed by atoms with van der Waals surface area (Å²) in [6.45, 7) is 3.57. The molecule has 2 aromatic rings. The number of rotatable bonds is 8. The fourth-order valence-corrected chi connectivity index (χ4v) is 6.01. The van der Waals surface area contributed by atoms with Crippen molar-refractivity contribution in [3.8, 4) is 5.75 Å². The number of pyridine rings is 1. The van der Waals surface area contributed by atoms with Crippen molar-refractivity contribution in [3.63, 3.8) is 0 Å². The van der Waals surface area contributed by atoms with E-state index in [4.69, 9.17) is 19.9 Å². The van der Waals surface area contributed by atoms with E-state index in [1.165, 1.54) is 19.2 Å². The number of primary amides is 1. The molecule has 14 heteroatoms. The van der Waals surface area contributed by atoms with E-state index in [9.17, 15) is 27.2 Å². The van der Waals surface area contributed by atoms with Crippen LogP contribution in [-0.2, 0) is 14.3 Å². The Hall–Kier alpha value is -3.36. The molecule has 0 spiro atoms. The first kappa shape index (κ1) is 30.1. The second-order valence-corrected chi connectivity index (χ2v) is 11.1. The van der Waals surface area contributed by atoms with Gasteiger partial charge in [-0.25, -0.2) is 4.39 Å². The third-order valence-electron chi connectivity index (χ3n) is 8.57. The fourth-order valence-electron chi connectivity index (χ4n) is 6.01. The minimum Gasteiger partial charge on any atom is -0.489 e. The zero-order valence-corrected chi connectivity index (χ0v) is 22.9. The van der Waals surface area contributed by atoms with Gasteiger partial charge in [-0.1, -0.05) is 13.0 Å². The molecule has 4 aliphatic heterocycles. The second kappa shape index (κ2) is 11.4. The van der Waals surface area contributed by atoms with Gasteiger partial charge in [-0.2, -0.15) is 17.6 Å². The van der Waals surface area contributed by atoms with Crippen LogP contribution in [0.1, 0.15) is 48.7 Å². The minimum atomic E-state index is -4.91. The molecule has 2 amide bonds. The molecule has 3 N–H and O–H groups in total. The van der Waals surface area contributed by atoms with E-state index in [2.05, 4.69) is 15.2 Å². The number of hydrogen-bond donors (Lipinski definition) is 2. The molecule has 1 aromatic carbocycles. The summed E-state index contributed by atoms with van der Waals surface area (Å²) >= 11 is 0. The summed E-state index contributed by atoms with van der Waals surface area (Å²) in [5, 5.41) is 2.43. The number of morpholine rings is 1. The highest BCUT2D eigenvalue weighted by atomic mass is 19.4. The Morgan fingerprint density at radius 3 is 2.62 bits per heavy atom. The Balaban J connectivity index is 1.45. The zero-order valence-electron chi connectivity index (χ0n) is 22.9. The molecule has 4 fully saturated rings. The number of fused-ring (bicyclic) bond motifs is 3. The van der Waals surface area contributed by atoms with Crippen LogP contribution in [0.15, 0.2) is 30.5 Å². The Labute approximate surface area is 238 Å². The Kier molecular flexibility index (Phi) is 8.16. The number of carbonyl (C=O) groups excluding carboxylic acids is 2. The molecule has 9 nitrogen and oxygen atoms in total. The zero-order chi connectivity index (χ0) is 30.4. The molecule has 0 aliphatic carbocycles. The van der Waals surface area contributed by atoms with Crippen molar-refractivity contribution in [1.29, 1.82) is 0 Å². The summed E-state index contributed by atoms with van der Waals surface area (Å²) < 4.78 is 89.5. The van der Waals surface area contributed by atoms with Crippen LogP contribution in [-0.4, -0.2) is 78.0 Å². The van der Waals surface area contributed by atoms with Crippen LogP contribution in [0.3, 0.4) is 0 Å². The number of ether oxygens (including phenoxy) is 3. The molecular weight excluding hydrogens is 567 g/mol. The summed E-state index contributed by atoms with van der Waals surface area (Å²) in [5.74, 6) is -7.88. The van der Waals surface area contributed by atoms with Crippen LogP contribution >= 0.6 is 0 Å². The molecule has 4 aliphatic rings. The lowest BCUT2D eigenvalue weighted by molar-refractivity contribution is -0.272. The first-order valence-electron chi connectivity index (χ1n) is 13.6. The number of nitrogens with zero attached hydrogens (tertiary/aromatic N) is 2. The van der Waals surface area contributed by atoms with Gasteiger partial charge in [0.15, 0.2) is 17.2 Å². The van der Waals surface area contributed by atoms with E-state index in [1.807, 2.05) is 0 Å². The van der Waals surface area contributed by atoms with Crippen LogP contribution in [0.25, 0.3) is 0 Å². The van der Waals surface area contributed by atoms with Gasteiger partial charge in [0.2, 0.25) is 5.82 Å². The van der Waals surface area contributed by atoms with Crippen LogP contribution in [0.5, 0.6) is 5.75 Å². The van der Waals surface area contributed by atoms with Crippen molar-refractivity contribution in [2.24, 2.45) is 11.7 Å². The highest BCUT2D eigenvalue weighted by molar-refractivity contribution is 5.97. The number of piperidine rings is 1. The topological polar surface area (TPSA) is 116 Å². The number of nitrogens with two attached hydrogens (primary N) is 1. The van der Waals surface area contributed by atoms with Crippen molar-refractivity contribution >= 4 is 17.5 Å². The molecule has 6 atom stereocenters. The van der Waals surface area contributed by atoms with E-state index < -0.39 is 58.9 Å². The fraction of sp³-hybridized carbons (Fsp3) is 0.536. The van der Waals surface area contributed by atoms with Gasteiger partial charge in [-0.15, -0.1) is 0 Å². The van der Waals surface area contributed by atoms with Crippen molar-refractivity contribution in [2.45, 2.75) is 62.6 Å². The predicted molar refractivity (Wildman–Crippen MR) is 139 cm³/mol. The average molecular weight is 599 g/mol. The van der Waals surface area contributed by atoms with Crippen LogP contribution in [0, 0.1) is 17.6 Å². The third kappa shape index (κ3) is 5.54. The number of amides is 2. The lowest BCUT2D eigenvalue weighted by Gasteiger charge is -2.45. The Bertz CT molecular complexity index is 1350. The number of alkyl halides is 3. The second-order valence-electron chi connectivity index (χ2n) is 11.1. The van der Waals surface area contributed by atoms with Gasteiger partial charge < -0.3 is 25.3 Å². The highest BCUT2D eigenvalue weighted by Gasteiger charge is 2.66. The summed E-state index contributed by atoms with van der Waals surface area (Å²) in [6.07, 6.45) is -3.55. The molecule has 6 rings (SSSR count). The van der Waals surface area contributed by atoms with Gasteiger partial charge in [0.25, 0.3) is 11.8 Å². The molecule has 1 aromatic heterocycles. The van der Waals surface area contributed by atoms with Crippen molar-refractivity contribution in [2.75, 3.05) is 31.6 Å². The summed E-state index contributed by atoms with van der Waals surface area (Å²) in [5.41, 5.74) is 2.13. The lowest BCUT2D eigenvalue weighted by Crippen LogP contribution is -2.55. The van der Waals surface area contributed by atoms with Gasteiger partial charge >= 0.3 is 6.18 Å². The smallest absolute Gasteiger partial charge is 0.417 e. The highest BCUT2D eigenvalue weighted by Crippen LogP contribution is 2.55. The van der Waals surface area contributed by atoms with Crippen LogP contribution in [0.2, 0.25) is 0 Å². The molecule has 5 heterocycles. The third-order valence-corrected chi connectivity index (χ3v) is 8.57. The minimum absolute atomic E-state index is 0.0287. The number of halogens is 5. The molecular formula is C28H31F5N4O5. The van der Waals surface area contributed by atoms with E-state index >= 15 is 4.39 Å².